The van der Waals surface area contributed by atoms with E-state index in [1.807, 2.05) is 18.5 Å². The zero-order valence-electron chi connectivity index (χ0n) is 20.0. The lowest BCUT2D eigenvalue weighted by atomic mass is 9.95. The van der Waals surface area contributed by atoms with Crippen molar-refractivity contribution >= 4 is 28.0 Å². The maximum absolute atomic E-state index is 14.6. The van der Waals surface area contributed by atoms with E-state index in [2.05, 4.69) is 69.8 Å². The van der Waals surface area contributed by atoms with Gasteiger partial charge in [0.25, 0.3) is 0 Å². The van der Waals surface area contributed by atoms with E-state index in [0.717, 1.165) is 45.0 Å². The van der Waals surface area contributed by atoms with Crippen LogP contribution in [0.5, 0.6) is 0 Å². The molecular weight excluding hydrogens is 451 g/mol. The van der Waals surface area contributed by atoms with Gasteiger partial charge < -0.3 is 15.6 Å². The number of nitrogens with one attached hydrogen (secondary N) is 3. The molecule has 0 unspecified atom stereocenters. The quantitative estimate of drug-likeness (QED) is 0.270. The molecule has 7 heteroatoms. The van der Waals surface area contributed by atoms with Crippen LogP contribution in [0.3, 0.4) is 0 Å². The predicted octanol–water partition coefficient (Wildman–Crippen LogP) is 6.50. The van der Waals surface area contributed by atoms with E-state index in [1.165, 1.54) is 6.07 Å². The van der Waals surface area contributed by atoms with Crippen molar-refractivity contribution in [1.29, 1.82) is 0 Å². The van der Waals surface area contributed by atoms with Crippen LogP contribution in [0.25, 0.3) is 38.9 Å². The molecule has 1 aliphatic rings. The number of H-pyrrole nitrogens is 1. The second kappa shape index (κ2) is 8.92. The van der Waals surface area contributed by atoms with E-state index in [-0.39, 0.29) is 5.82 Å². The Morgan fingerprint density at radius 1 is 0.889 bits per heavy atom. The molecule has 0 radical (unpaired) electrons. The van der Waals surface area contributed by atoms with Crippen LogP contribution in [0, 0.1) is 5.82 Å². The zero-order chi connectivity index (χ0) is 24.6. The summed E-state index contributed by atoms with van der Waals surface area (Å²) >= 11 is 0. The van der Waals surface area contributed by atoms with Crippen LogP contribution in [0.1, 0.15) is 25.2 Å². The second-order valence-electron chi connectivity index (χ2n) is 9.17. The van der Waals surface area contributed by atoms with Gasteiger partial charge in [-0.2, -0.15) is 0 Å². The van der Waals surface area contributed by atoms with Crippen molar-refractivity contribution in [1.82, 2.24) is 19.9 Å². The molecule has 6 rings (SSSR count). The zero-order valence-corrected chi connectivity index (χ0v) is 20.0. The van der Waals surface area contributed by atoms with Crippen LogP contribution in [0.15, 0.2) is 79.4 Å². The van der Waals surface area contributed by atoms with Crippen LogP contribution in [0.2, 0.25) is 0 Å². The molecule has 0 atom stereocenters. The average Bonchev–Trinajstić information content (AvgIpc) is 3.33. The van der Waals surface area contributed by atoms with Gasteiger partial charge in [0.1, 0.15) is 17.2 Å². The summed E-state index contributed by atoms with van der Waals surface area (Å²) in [4.78, 5) is 17.1. The summed E-state index contributed by atoms with van der Waals surface area (Å²) in [7, 11) is 0. The maximum atomic E-state index is 14.6. The SMILES string of the molecule is CC(C)Nc1cncc(-c2ccc3c(c2)C(c2nc4c(-c5ccccc5F)cncc4[nH]2)=CCN3)c1. The summed E-state index contributed by atoms with van der Waals surface area (Å²) in [6, 6.07) is 15.5. The Bertz CT molecular complexity index is 1620. The number of aromatic amines is 1. The standard InChI is InChI=1S/C29H25FN6/c1-17(2)34-20-11-19(13-31-14-20)18-7-8-26-23(12-18)22(9-10-33-26)29-35-27-16-32-15-24(28(27)36-29)21-5-3-4-6-25(21)30/h3-9,11-17,33-34H,10H2,1-2H3,(H,35,36). The van der Waals surface area contributed by atoms with Gasteiger partial charge in [-0.3, -0.25) is 9.97 Å². The van der Waals surface area contributed by atoms with Gasteiger partial charge in [-0.15, -0.1) is 0 Å². The Kier molecular flexibility index (Phi) is 5.45. The molecule has 2 aromatic carbocycles. The first kappa shape index (κ1) is 22.0. The second-order valence-corrected chi connectivity index (χ2v) is 9.17. The molecule has 0 bridgehead atoms. The molecule has 1 aliphatic heterocycles. The minimum absolute atomic E-state index is 0.296. The molecule has 0 spiro atoms. The van der Waals surface area contributed by atoms with Crippen molar-refractivity contribution < 1.29 is 4.39 Å². The monoisotopic (exact) mass is 476 g/mol. The molecule has 0 saturated heterocycles. The van der Waals surface area contributed by atoms with Crippen molar-refractivity contribution in [3.8, 4) is 22.3 Å². The van der Waals surface area contributed by atoms with Crippen LogP contribution < -0.4 is 10.6 Å². The van der Waals surface area contributed by atoms with E-state index >= 15 is 0 Å². The molecule has 0 fully saturated rings. The summed E-state index contributed by atoms with van der Waals surface area (Å²) in [5, 5.41) is 6.86. The van der Waals surface area contributed by atoms with Gasteiger partial charge in [0.15, 0.2) is 0 Å². The van der Waals surface area contributed by atoms with E-state index < -0.39 is 0 Å². The highest BCUT2D eigenvalue weighted by Crippen LogP contribution is 2.37. The Hall–Kier alpha value is -4.52. The van der Waals surface area contributed by atoms with Crippen LogP contribution >= 0.6 is 0 Å². The molecule has 0 saturated carbocycles. The largest absolute Gasteiger partial charge is 0.382 e. The summed E-state index contributed by atoms with van der Waals surface area (Å²) in [6.07, 6.45) is 9.23. The molecule has 0 aliphatic carbocycles. The highest BCUT2D eigenvalue weighted by molar-refractivity contribution is 5.95. The van der Waals surface area contributed by atoms with Crippen molar-refractivity contribution in [2.45, 2.75) is 19.9 Å². The molecule has 5 aromatic rings. The first-order chi connectivity index (χ1) is 17.6. The predicted molar refractivity (Wildman–Crippen MR) is 143 cm³/mol. The average molecular weight is 477 g/mol. The van der Waals surface area contributed by atoms with Crippen molar-refractivity contribution in [2.24, 2.45) is 0 Å². The summed E-state index contributed by atoms with van der Waals surface area (Å²) in [5.41, 5.74) is 8.75. The Morgan fingerprint density at radius 3 is 2.61 bits per heavy atom. The molecule has 4 heterocycles. The highest BCUT2D eigenvalue weighted by atomic mass is 19.1. The normalized spacial score (nSPS) is 12.8. The maximum Gasteiger partial charge on any atom is 0.138 e. The van der Waals surface area contributed by atoms with Crippen LogP contribution in [0.4, 0.5) is 15.8 Å². The molecular formula is C29H25FN6. The third-order valence-corrected chi connectivity index (χ3v) is 6.25. The lowest BCUT2D eigenvalue weighted by Gasteiger charge is -2.19. The fourth-order valence-electron chi connectivity index (χ4n) is 4.65. The number of benzene rings is 2. The number of hydrogen-bond donors (Lipinski definition) is 3. The lowest BCUT2D eigenvalue weighted by molar-refractivity contribution is 0.631. The smallest absolute Gasteiger partial charge is 0.138 e. The number of hydrogen-bond acceptors (Lipinski definition) is 5. The minimum atomic E-state index is -0.296. The van der Waals surface area contributed by atoms with Crippen molar-refractivity contribution in [3.05, 3.63) is 96.6 Å². The fourth-order valence-corrected chi connectivity index (χ4v) is 4.65. The van der Waals surface area contributed by atoms with E-state index in [1.54, 1.807) is 24.5 Å². The Balaban J connectivity index is 1.43. The number of anilines is 2. The Labute approximate surface area is 208 Å². The molecule has 0 amide bonds. The number of halogens is 1. The van der Waals surface area contributed by atoms with Gasteiger partial charge in [0, 0.05) is 64.7 Å². The van der Waals surface area contributed by atoms with Gasteiger partial charge in [0.05, 0.1) is 17.4 Å². The summed E-state index contributed by atoms with van der Waals surface area (Å²) in [5.74, 6) is 0.430. The third-order valence-electron chi connectivity index (χ3n) is 6.25. The number of imidazole rings is 1. The molecule has 3 aromatic heterocycles. The van der Waals surface area contributed by atoms with Crippen molar-refractivity contribution in [3.63, 3.8) is 0 Å². The third kappa shape index (κ3) is 3.98. The molecule has 178 valence electrons. The molecule has 3 N–H and O–H groups in total. The number of fused-ring (bicyclic) bond motifs is 2. The van der Waals surface area contributed by atoms with E-state index in [4.69, 9.17) is 4.98 Å². The highest BCUT2D eigenvalue weighted by Gasteiger charge is 2.20. The van der Waals surface area contributed by atoms with Crippen LogP contribution in [-0.4, -0.2) is 32.5 Å². The fraction of sp³-hybridized carbons (Fsp3) is 0.138. The van der Waals surface area contributed by atoms with Gasteiger partial charge in [-0.25, -0.2) is 9.37 Å². The van der Waals surface area contributed by atoms with Gasteiger partial charge in [-0.05, 0) is 43.7 Å². The number of rotatable bonds is 5. The molecule has 36 heavy (non-hydrogen) atoms. The van der Waals surface area contributed by atoms with E-state index in [0.29, 0.717) is 29.2 Å². The first-order valence-corrected chi connectivity index (χ1v) is 12.0. The van der Waals surface area contributed by atoms with Crippen LogP contribution in [-0.2, 0) is 0 Å². The Morgan fingerprint density at radius 2 is 1.75 bits per heavy atom. The van der Waals surface area contributed by atoms with E-state index in [9.17, 15) is 4.39 Å². The summed E-state index contributed by atoms with van der Waals surface area (Å²) in [6.45, 7) is 4.90. The number of aromatic nitrogens is 4. The minimum Gasteiger partial charge on any atom is -0.382 e. The van der Waals surface area contributed by atoms with Gasteiger partial charge in [-0.1, -0.05) is 30.3 Å². The topological polar surface area (TPSA) is 78.5 Å². The van der Waals surface area contributed by atoms with Crippen molar-refractivity contribution in [2.75, 3.05) is 17.2 Å². The first-order valence-electron chi connectivity index (χ1n) is 12.0. The number of pyridine rings is 2. The summed E-state index contributed by atoms with van der Waals surface area (Å²) < 4.78 is 14.6. The van der Waals surface area contributed by atoms with Gasteiger partial charge in [0.2, 0.25) is 0 Å². The molecule has 6 nitrogen and oxygen atoms in total. The van der Waals surface area contributed by atoms with Gasteiger partial charge >= 0.3 is 0 Å². The lowest BCUT2D eigenvalue weighted by Crippen LogP contribution is -2.10. The number of nitrogens with zero attached hydrogens (tertiary/aromatic N) is 3.